The highest BCUT2D eigenvalue weighted by Gasteiger charge is 2.34. The number of likely N-dealkylation sites (N-methyl/N-ethyl adjacent to an activating group) is 1. The van der Waals surface area contributed by atoms with Crippen molar-refractivity contribution in [2.24, 2.45) is 0 Å². The summed E-state index contributed by atoms with van der Waals surface area (Å²) in [6.45, 7) is -0.601. The zero-order valence-corrected chi connectivity index (χ0v) is 23.9. The van der Waals surface area contributed by atoms with Gasteiger partial charge in [-0.25, -0.2) is 12.8 Å². The number of carbonyl (C=O) groups excluding carboxylic acids is 2. The largest absolute Gasteiger partial charge is 0.357 e. The molecule has 0 fully saturated rings. The van der Waals surface area contributed by atoms with Gasteiger partial charge in [0, 0.05) is 25.0 Å². The number of nitrogens with zero attached hydrogens (tertiary/aromatic N) is 2. The van der Waals surface area contributed by atoms with Gasteiger partial charge in [-0.1, -0.05) is 72.3 Å². The van der Waals surface area contributed by atoms with Crippen LogP contribution in [0, 0.1) is 5.82 Å². The molecular formula is C31H29ClFN3O4S. The van der Waals surface area contributed by atoms with E-state index in [2.05, 4.69) is 5.32 Å². The first-order valence-corrected chi connectivity index (χ1v) is 14.6. The highest BCUT2D eigenvalue weighted by Crippen LogP contribution is 2.25. The van der Waals surface area contributed by atoms with Gasteiger partial charge in [-0.3, -0.25) is 13.9 Å². The molecule has 2 amide bonds. The number of benzene rings is 4. The Kier molecular flexibility index (Phi) is 9.75. The molecule has 0 saturated heterocycles. The Balaban J connectivity index is 1.77. The fourth-order valence-electron chi connectivity index (χ4n) is 4.41. The summed E-state index contributed by atoms with van der Waals surface area (Å²) in [5.74, 6) is -1.60. The van der Waals surface area contributed by atoms with Crippen LogP contribution < -0.4 is 9.62 Å². The van der Waals surface area contributed by atoms with Gasteiger partial charge < -0.3 is 10.2 Å². The van der Waals surface area contributed by atoms with Crippen molar-refractivity contribution >= 4 is 39.1 Å². The quantitative estimate of drug-likeness (QED) is 0.263. The summed E-state index contributed by atoms with van der Waals surface area (Å²) in [5, 5.41) is 3.10. The molecule has 0 aromatic heterocycles. The lowest BCUT2D eigenvalue weighted by atomic mass is 10.0. The number of rotatable bonds is 11. The van der Waals surface area contributed by atoms with E-state index in [1.165, 1.54) is 11.9 Å². The number of para-hydroxylation sites is 1. The van der Waals surface area contributed by atoms with Gasteiger partial charge in [0.2, 0.25) is 11.8 Å². The third-order valence-corrected chi connectivity index (χ3v) is 8.51. The highest BCUT2D eigenvalue weighted by atomic mass is 35.5. The number of halogens is 2. The van der Waals surface area contributed by atoms with Crippen LogP contribution in [0.5, 0.6) is 0 Å². The van der Waals surface area contributed by atoms with E-state index < -0.39 is 40.2 Å². The van der Waals surface area contributed by atoms with E-state index in [1.807, 2.05) is 30.3 Å². The third kappa shape index (κ3) is 7.50. The summed E-state index contributed by atoms with van der Waals surface area (Å²) in [5.41, 5.74) is 1.73. The molecule has 10 heteroatoms. The van der Waals surface area contributed by atoms with Gasteiger partial charge in [0.15, 0.2) is 0 Å². The number of carbonyl (C=O) groups is 2. The molecule has 41 heavy (non-hydrogen) atoms. The minimum absolute atomic E-state index is 0.00351. The normalized spacial score (nSPS) is 11.9. The summed E-state index contributed by atoms with van der Waals surface area (Å²) in [6.07, 6.45) is 0.197. The van der Waals surface area contributed by atoms with Crippen LogP contribution in [0.3, 0.4) is 0 Å². The maximum absolute atomic E-state index is 14.1. The molecule has 0 radical (unpaired) electrons. The molecule has 4 aromatic carbocycles. The number of amides is 2. The molecule has 0 saturated carbocycles. The fraction of sp³-hybridized carbons (Fsp3) is 0.161. The van der Waals surface area contributed by atoms with Crippen molar-refractivity contribution in [2.45, 2.75) is 23.9 Å². The molecule has 212 valence electrons. The van der Waals surface area contributed by atoms with E-state index in [1.54, 1.807) is 54.6 Å². The van der Waals surface area contributed by atoms with Crippen LogP contribution in [0.15, 0.2) is 114 Å². The number of hydrogen-bond donors (Lipinski definition) is 1. The molecule has 0 bridgehead atoms. The van der Waals surface area contributed by atoms with Crippen LogP contribution in [0.2, 0.25) is 5.02 Å². The van der Waals surface area contributed by atoms with Crippen molar-refractivity contribution in [2.75, 3.05) is 17.9 Å². The van der Waals surface area contributed by atoms with Crippen molar-refractivity contribution in [3.63, 3.8) is 0 Å². The maximum atomic E-state index is 14.1. The van der Waals surface area contributed by atoms with Crippen molar-refractivity contribution in [1.29, 1.82) is 0 Å². The lowest BCUT2D eigenvalue weighted by Crippen LogP contribution is -2.53. The monoisotopic (exact) mass is 593 g/mol. The first-order chi connectivity index (χ1) is 19.7. The average Bonchev–Trinajstić information content (AvgIpc) is 2.98. The second-order valence-corrected chi connectivity index (χ2v) is 11.6. The summed E-state index contributed by atoms with van der Waals surface area (Å²) in [7, 11) is -2.81. The molecule has 4 rings (SSSR count). The predicted molar refractivity (Wildman–Crippen MR) is 157 cm³/mol. The van der Waals surface area contributed by atoms with Crippen molar-refractivity contribution < 1.29 is 22.4 Å². The van der Waals surface area contributed by atoms with Gasteiger partial charge in [0.05, 0.1) is 10.6 Å². The predicted octanol–water partition coefficient (Wildman–Crippen LogP) is 5.06. The molecule has 4 aromatic rings. The molecule has 1 unspecified atom stereocenters. The molecule has 0 heterocycles. The number of hydrogen-bond acceptors (Lipinski definition) is 4. The average molecular weight is 594 g/mol. The Morgan fingerprint density at radius 1 is 0.854 bits per heavy atom. The summed E-state index contributed by atoms with van der Waals surface area (Å²) in [6, 6.07) is 27.7. The van der Waals surface area contributed by atoms with Crippen LogP contribution in [-0.2, 0) is 32.6 Å². The first kappa shape index (κ1) is 29.8. The van der Waals surface area contributed by atoms with Crippen molar-refractivity contribution in [3.8, 4) is 0 Å². The van der Waals surface area contributed by atoms with Gasteiger partial charge in [0.1, 0.15) is 18.4 Å². The lowest BCUT2D eigenvalue weighted by molar-refractivity contribution is -0.139. The topological polar surface area (TPSA) is 86.8 Å². The van der Waals surface area contributed by atoms with Crippen LogP contribution in [0.1, 0.15) is 11.1 Å². The Bertz CT molecular complexity index is 1590. The molecule has 0 aliphatic heterocycles. The Labute approximate surface area is 244 Å². The zero-order valence-electron chi connectivity index (χ0n) is 22.3. The van der Waals surface area contributed by atoms with Gasteiger partial charge >= 0.3 is 0 Å². The summed E-state index contributed by atoms with van der Waals surface area (Å²) >= 11 is 6.21. The molecule has 0 spiro atoms. The van der Waals surface area contributed by atoms with Gasteiger partial charge in [-0.2, -0.15) is 0 Å². The van der Waals surface area contributed by atoms with Crippen LogP contribution in [0.4, 0.5) is 10.1 Å². The SMILES string of the molecule is CNC(=O)C(Cc1ccccc1)N(Cc1cccc(Cl)c1)C(=O)CN(c1ccccc1)S(=O)(=O)c1ccc(F)cc1. The maximum Gasteiger partial charge on any atom is 0.264 e. The van der Waals surface area contributed by atoms with Gasteiger partial charge in [-0.05, 0) is 59.7 Å². The standard InChI is InChI=1S/C31H29ClFN3O4S/c1-34-31(38)29(20-23-9-4-2-5-10-23)35(21-24-11-8-12-25(32)19-24)30(37)22-36(27-13-6-3-7-14-27)41(39,40)28-17-15-26(33)16-18-28/h2-19,29H,20-22H2,1H3,(H,34,38). The molecule has 7 nitrogen and oxygen atoms in total. The first-order valence-electron chi connectivity index (χ1n) is 12.8. The summed E-state index contributed by atoms with van der Waals surface area (Å²) < 4.78 is 42.2. The Hall–Kier alpha value is -4.21. The van der Waals surface area contributed by atoms with E-state index in [4.69, 9.17) is 11.6 Å². The van der Waals surface area contributed by atoms with Crippen LogP contribution in [-0.4, -0.2) is 44.8 Å². The van der Waals surface area contributed by atoms with E-state index >= 15 is 0 Å². The smallest absolute Gasteiger partial charge is 0.264 e. The second kappa shape index (κ2) is 13.4. The van der Waals surface area contributed by atoms with Crippen molar-refractivity contribution in [1.82, 2.24) is 10.2 Å². The molecular weight excluding hydrogens is 565 g/mol. The molecule has 0 aliphatic rings. The molecule has 1 atom stereocenters. The number of sulfonamides is 1. The van der Waals surface area contributed by atoms with Crippen LogP contribution in [0.25, 0.3) is 0 Å². The highest BCUT2D eigenvalue weighted by molar-refractivity contribution is 7.92. The lowest BCUT2D eigenvalue weighted by Gasteiger charge is -2.33. The minimum atomic E-state index is -4.29. The Morgan fingerprint density at radius 2 is 1.46 bits per heavy atom. The third-order valence-electron chi connectivity index (χ3n) is 6.48. The van der Waals surface area contributed by atoms with E-state index in [0.717, 1.165) is 34.1 Å². The minimum Gasteiger partial charge on any atom is -0.357 e. The van der Waals surface area contributed by atoms with E-state index in [-0.39, 0.29) is 23.5 Å². The molecule has 1 N–H and O–H groups in total. The van der Waals surface area contributed by atoms with Crippen molar-refractivity contribution in [3.05, 3.63) is 131 Å². The fourth-order valence-corrected chi connectivity index (χ4v) is 6.04. The van der Waals surface area contributed by atoms with Crippen LogP contribution >= 0.6 is 11.6 Å². The number of anilines is 1. The number of nitrogens with one attached hydrogen (secondary N) is 1. The second-order valence-electron chi connectivity index (χ2n) is 9.27. The summed E-state index contributed by atoms with van der Waals surface area (Å²) in [4.78, 5) is 28.6. The van der Waals surface area contributed by atoms with Gasteiger partial charge in [-0.15, -0.1) is 0 Å². The van der Waals surface area contributed by atoms with Gasteiger partial charge in [0.25, 0.3) is 10.0 Å². The molecule has 0 aliphatic carbocycles. The van der Waals surface area contributed by atoms with E-state index in [0.29, 0.717) is 10.6 Å². The Morgan fingerprint density at radius 3 is 2.07 bits per heavy atom. The van der Waals surface area contributed by atoms with E-state index in [9.17, 15) is 22.4 Å². The zero-order chi connectivity index (χ0) is 29.4.